The van der Waals surface area contributed by atoms with Crippen LogP contribution in [-0.2, 0) is 0 Å². The molecule has 3 aromatic rings. The van der Waals surface area contributed by atoms with E-state index in [1.165, 1.54) is 6.07 Å². The van der Waals surface area contributed by atoms with Gasteiger partial charge in [-0.2, -0.15) is 0 Å². The summed E-state index contributed by atoms with van der Waals surface area (Å²) in [7, 11) is 0. The molecule has 2 aromatic carbocycles. The number of fused-ring (bicyclic) bond motifs is 1. The molecule has 0 saturated carbocycles. The molecule has 30 heavy (non-hydrogen) atoms. The van der Waals surface area contributed by atoms with Crippen LogP contribution in [0.3, 0.4) is 0 Å². The maximum Gasteiger partial charge on any atom is 0.346 e. The number of nitrogens with one attached hydrogen (secondary N) is 1. The van der Waals surface area contributed by atoms with E-state index in [-0.39, 0.29) is 51.0 Å². The van der Waals surface area contributed by atoms with Gasteiger partial charge in [-0.05, 0) is 24.3 Å². The van der Waals surface area contributed by atoms with Gasteiger partial charge < -0.3 is 20.2 Å². The number of carbonyl (C=O) groups excluding carboxylic acids is 1. The molecule has 0 radical (unpaired) electrons. The summed E-state index contributed by atoms with van der Waals surface area (Å²) in [5, 5.41) is 3.82. The molecule has 7 nitrogen and oxygen atoms in total. The number of nitrogens with two attached hydrogens (primary N) is 1. The number of amidine groups is 1. The molecule has 0 unspecified atom stereocenters. The van der Waals surface area contributed by atoms with Gasteiger partial charge >= 0.3 is 11.6 Å². The normalized spacial score (nSPS) is 11.1. The van der Waals surface area contributed by atoms with Crippen LogP contribution in [-0.4, -0.2) is 24.2 Å². The molecule has 0 fully saturated rings. The molecule has 3 rings (SSSR count). The molecule has 10 heteroatoms. The number of hydrogen-bond acceptors (Lipinski definition) is 5. The van der Waals surface area contributed by atoms with Crippen molar-refractivity contribution in [3.05, 3.63) is 69.5 Å². The Labute approximate surface area is 193 Å². The Hall–Kier alpha value is -2.49. The number of thiol groups is 1. The van der Waals surface area contributed by atoms with Gasteiger partial charge in [-0.25, -0.2) is 4.79 Å². The topological polar surface area (TPSA) is 107 Å². The number of aliphatic imine (C=N–C) groups is 1. The molecule has 0 aliphatic rings. The van der Waals surface area contributed by atoms with Gasteiger partial charge in [-0.1, -0.05) is 35.9 Å². The summed E-state index contributed by atoms with van der Waals surface area (Å²) in [6, 6.07) is 13.6. The molecule has 1 heterocycles. The van der Waals surface area contributed by atoms with Gasteiger partial charge in [0, 0.05) is 29.6 Å². The Morgan fingerprint density at radius 3 is 2.63 bits per heavy atom. The van der Waals surface area contributed by atoms with Crippen LogP contribution in [0.4, 0.5) is 5.69 Å². The largest absolute Gasteiger partial charge is 0.464 e. The Morgan fingerprint density at radius 1 is 1.20 bits per heavy atom. The fraction of sp³-hybridized carbons (Fsp3) is 0.150. The third-order valence-electron chi connectivity index (χ3n) is 3.94. The average molecular weight is 513 g/mol. The van der Waals surface area contributed by atoms with Crippen molar-refractivity contribution < 1.29 is 13.9 Å². The van der Waals surface area contributed by atoms with Gasteiger partial charge in [0.05, 0.1) is 12.0 Å². The highest BCUT2D eigenvalue weighted by Gasteiger charge is 2.15. The van der Waals surface area contributed by atoms with Crippen molar-refractivity contribution in [3.63, 3.8) is 0 Å². The van der Waals surface area contributed by atoms with Gasteiger partial charge in [0.25, 0.3) is 5.91 Å². The first-order chi connectivity index (χ1) is 14.0. The third-order valence-corrected chi connectivity index (χ3v) is 4.44. The summed E-state index contributed by atoms with van der Waals surface area (Å²) < 4.78 is 10.7. The SMILES string of the molecule is Br.NC(S)=NCCCOc1oc(=O)c2cc(NC(=O)c3ccccc3)ccc2c1Cl. The maximum atomic E-state index is 12.4. The lowest BCUT2D eigenvalue weighted by atomic mass is 10.1. The number of ether oxygens (including phenoxy) is 1. The summed E-state index contributed by atoms with van der Waals surface area (Å²) >= 11 is 10.2. The smallest absolute Gasteiger partial charge is 0.346 e. The lowest BCUT2D eigenvalue weighted by Gasteiger charge is -2.09. The molecule has 3 N–H and O–H groups in total. The molecule has 1 aromatic heterocycles. The van der Waals surface area contributed by atoms with Gasteiger partial charge in [-0.3, -0.25) is 9.79 Å². The van der Waals surface area contributed by atoms with E-state index >= 15 is 0 Å². The summed E-state index contributed by atoms with van der Waals surface area (Å²) in [6.45, 7) is 0.666. The number of nitrogens with zero attached hydrogens (tertiary/aromatic N) is 1. The summed E-state index contributed by atoms with van der Waals surface area (Å²) in [6.07, 6.45) is 0.545. The Kier molecular flexibility index (Phi) is 8.76. The Balaban J connectivity index is 0.00000320. The maximum absolute atomic E-state index is 12.4. The van der Waals surface area contributed by atoms with E-state index in [0.29, 0.717) is 29.6 Å². The molecule has 0 saturated heterocycles. The highest BCUT2D eigenvalue weighted by Crippen LogP contribution is 2.32. The number of hydrogen-bond donors (Lipinski definition) is 3. The Morgan fingerprint density at radius 2 is 1.93 bits per heavy atom. The zero-order valence-corrected chi connectivity index (χ0v) is 19.0. The molecule has 1 amide bonds. The van der Waals surface area contributed by atoms with Crippen molar-refractivity contribution >= 4 is 68.7 Å². The van der Waals surface area contributed by atoms with Crippen molar-refractivity contribution in [2.24, 2.45) is 10.7 Å². The number of anilines is 1. The highest BCUT2D eigenvalue weighted by atomic mass is 79.9. The minimum absolute atomic E-state index is 0. The standard InChI is InChI=1S/C20H18ClN3O4S.BrH/c21-16-14-8-7-13(24-17(25)12-5-2-1-3-6-12)11-15(14)18(26)28-19(16)27-10-4-9-23-20(22)29;/h1-3,5-8,11H,4,9-10H2,(H,24,25)(H3,22,23,29);1H. The zero-order valence-electron chi connectivity index (χ0n) is 15.6. The monoisotopic (exact) mass is 511 g/mol. The minimum atomic E-state index is -0.618. The van der Waals surface area contributed by atoms with Crippen molar-refractivity contribution in [1.29, 1.82) is 0 Å². The van der Waals surface area contributed by atoms with E-state index in [0.717, 1.165) is 0 Å². The second-order valence-corrected chi connectivity index (χ2v) is 6.85. The van der Waals surface area contributed by atoms with Crippen LogP contribution < -0.4 is 21.4 Å². The van der Waals surface area contributed by atoms with Crippen LogP contribution >= 0.6 is 41.2 Å². The van der Waals surface area contributed by atoms with Crippen LogP contribution in [0.2, 0.25) is 5.02 Å². The molecular formula is C20H19BrClN3O4S. The predicted octanol–water partition coefficient (Wildman–Crippen LogP) is 4.29. The molecular weight excluding hydrogens is 494 g/mol. The van der Waals surface area contributed by atoms with Gasteiger partial charge in [0.15, 0.2) is 5.17 Å². The third kappa shape index (κ3) is 6.01. The number of benzene rings is 2. The lowest BCUT2D eigenvalue weighted by Crippen LogP contribution is -2.12. The molecule has 0 aliphatic carbocycles. The van der Waals surface area contributed by atoms with Crippen molar-refractivity contribution in [3.8, 4) is 5.95 Å². The van der Waals surface area contributed by atoms with Crippen molar-refractivity contribution in [2.75, 3.05) is 18.5 Å². The van der Waals surface area contributed by atoms with Gasteiger partial charge in [-0.15, -0.1) is 29.6 Å². The first kappa shape index (κ1) is 23.8. The molecule has 0 bridgehead atoms. The number of rotatable bonds is 7. The average Bonchev–Trinajstić information content (AvgIpc) is 2.71. The van der Waals surface area contributed by atoms with E-state index in [1.54, 1.807) is 36.4 Å². The summed E-state index contributed by atoms with van der Waals surface area (Å²) in [5.41, 5.74) is 5.67. The van der Waals surface area contributed by atoms with E-state index in [9.17, 15) is 9.59 Å². The van der Waals surface area contributed by atoms with E-state index in [2.05, 4.69) is 22.9 Å². The van der Waals surface area contributed by atoms with Gasteiger partial charge in [0.1, 0.15) is 5.02 Å². The number of carbonyl (C=O) groups is 1. The molecule has 0 spiro atoms. The van der Waals surface area contributed by atoms with Gasteiger partial charge in [0.2, 0.25) is 0 Å². The molecule has 158 valence electrons. The van der Waals surface area contributed by atoms with Crippen LogP contribution in [0.25, 0.3) is 10.8 Å². The second kappa shape index (κ2) is 11.1. The van der Waals surface area contributed by atoms with E-state index in [4.69, 9.17) is 26.5 Å². The van der Waals surface area contributed by atoms with Crippen LogP contribution in [0.15, 0.2) is 62.7 Å². The first-order valence-corrected chi connectivity index (χ1v) is 9.52. The second-order valence-electron chi connectivity index (χ2n) is 6.01. The first-order valence-electron chi connectivity index (χ1n) is 8.70. The quantitative estimate of drug-likeness (QED) is 0.189. The number of halogens is 2. The van der Waals surface area contributed by atoms with E-state index in [1.807, 2.05) is 6.07 Å². The van der Waals surface area contributed by atoms with Crippen molar-refractivity contribution in [1.82, 2.24) is 0 Å². The van der Waals surface area contributed by atoms with Crippen LogP contribution in [0, 0.1) is 0 Å². The molecule has 0 atom stereocenters. The van der Waals surface area contributed by atoms with Crippen LogP contribution in [0.5, 0.6) is 5.95 Å². The number of amides is 1. The fourth-order valence-electron chi connectivity index (χ4n) is 2.58. The van der Waals surface area contributed by atoms with Crippen molar-refractivity contribution in [2.45, 2.75) is 6.42 Å². The lowest BCUT2D eigenvalue weighted by molar-refractivity contribution is 0.102. The predicted molar refractivity (Wildman–Crippen MR) is 128 cm³/mol. The fourth-order valence-corrected chi connectivity index (χ4v) is 2.94. The summed E-state index contributed by atoms with van der Waals surface area (Å²) in [5.74, 6) is -0.349. The van der Waals surface area contributed by atoms with Crippen LogP contribution in [0.1, 0.15) is 16.8 Å². The Bertz CT molecular complexity index is 1120. The molecule has 0 aliphatic heterocycles. The van der Waals surface area contributed by atoms with E-state index < -0.39 is 5.63 Å². The minimum Gasteiger partial charge on any atom is -0.464 e. The summed E-state index contributed by atoms with van der Waals surface area (Å²) in [4.78, 5) is 28.6. The highest BCUT2D eigenvalue weighted by molar-refractivity contribution is 8.93. The zero-order chi connectivity index (χ0) is 20.8.